The molecule has 4 heteroatoms. The van der Waals surface area contributed by atoms with Crippen LogP contribution in [0.5, 0.6) is 0 Å². The fourth-order valence-corrected chi connectivity index (χ4v) is 2.08. The van der Waals surface area contributed by atoms with E-state index in [9.17, 15) is 9.59 Å². The molecule has 1 amide bonds. The highest BCUT2D eigenvalue weighted by molar-refractivity contribution is 6.02. The van der Waals surface area contributed by atoms with Crippen LogP contribution in [-0.4, -0.2) is 35.5 Å². The second-order valence-electron chi connectivity index (χ2n) is 4.70. The predicted molar refractivity (Wildman–Crippen MR) is 61.0 cm³/mol. The van der Waals surface area contributed by atoms with Crippen molar-refractivity contribution in [2.75, 3.05) is 13.6 Å². The molecule has 1 N–H and O–H groups in total. The van der Waals surface area contributed by atoms with Crippen molar-refractivity contribution < 1.29 is 14.7 Å². The van der Waals surface area contributed by atoms with Crippen LogP contribution in [0.15, 0.2) is 11.1 Å². The maximum atomic E-state index is 12.0. The van der Waals surface area contributed by atoms with Gasteiger partial charge >= 0.3 is 5.97 Å². The van der Waals surface area contributed by atoms with E-state index in [-0.39, 0.29) is 5.91 Å². The van der Waals surface area contributed by atoms with Crippen molar-refractivity contribution in [2.24, 2.45) is 5.92 Å². The summed E-state index contributed by atoms with van der Waals surface area (Å²) >= 11 is 0. The maximum absolute atomic E-state index is 12.0. The Labute approximate surface area is 95.9 Å². The van der Waals surface area contributed by atoms with Crippen molar-refractivity contribution in [3.8, 4) is 0 Å². The Bertz CT molecular complexity index is 331. The summed E-state index contributed by atoms with van der Waals surface area (Å²) in [6.45, 7) is 4.73. The van der Waals surface area contributed by atoms with E-state index in [0.717, 1.165) is 6.42 Å². The van der Waals surface area contributed by atoms with Crippen LogP contribution >= 0.6 is 0 Å². The third-order valence-electron chi connectivity index (χ3n) is 2.72. The zero-order chi connectivity index (χ0) is 12.3. The van der Waals surface area contributed by atoms with Crippen LogP contribution < -0.4 is 0 Å². The number of rotatable bonds is 4. The van der Waals surface area contributed by atoms with Gasteiger partial charge in [-0.1, -0.05) is 13.8 Å². The van der Waals surface area contributed by atoms with E-state index in [4.69, 9.17) is 5.11 Å². The molecule has 0 unspecified atom stereocenters. The monoisotopic (exact) mass is 225 g/mol. The Morgan fingerprint density at radius 1 is 1.31 bits per heavy atom. The number of amides is 1. The van der Waals surface area contributed by atoms with Gasteiger partial charge in [0.25, 0.3) is 0 Å². The molecule has 0 saturated heterocycles. The molecule has 0 aromatic heterocycles. The van der Waals surface area contributed by atoms with Gasteiger partial charge in [0, 0.05) is 24.7 Å². The number of carboxylic acid groups (broad SMARTS) is 1. The predicted octanol–water partition coefficient (Wildman–Crippen LogP) is 1.67. The molecular formula is C12H19NO3. The normalized spacial score (nSPS) is 15.8. The van der Waals surface area contributed by atoms with Crippen LogP contribution in [0.2, 0.25) is 0 Å². The summed E-state index contributed by atoms with van der Waals surface area (Å²) < 4.78 is 0. The number of likely N-dealkylation sites (N-methyl/N-ethyl adjacent to an activating group) is 1. The summed E-state index contributed by atoms with van der Waals surface area (Å²) in [4.78, 5) is 24.6. The van der Waals surface area contributed by atoms with E-state index in [1.807, 2.05) is 13.8 Å². The van der Waals surface area contributed by atoms with Gasteiger partial charge in [-0.25, -0.2) is 4.79 Å². The van der Waals surface area contributed by atoms with Gasteiger partial charge in [0.1, 0.15) is 0 Å². The summed E-state index contributed by atoms with van der Waals surface area (Å²) in [7, 11) is 1.73. The number of carboxylic acids is 1. The van der Waals surface area contributed by atoms with Gasteiger partial charge in [0.15, 0.2) is 0 Å². The summed E-state index contributed by atoms with van der Waals surface area (Å²) in [5.74, 6) is -0.674. The molecule has 0 aromatic carbocycles. The van der Waals surface area contributed by atoms with E-state index >= 15 is 0 Å². The Hall–Kier alpha value is -1.32. The standard InChI is InChI=1S/C12H19NO3/c1-8(2)7-13(3)11(14)9-5-4-6-10(9)12(15)16/h8H,4-7H2,1-3H3,(H,15,16). The topological polar surface area (TPSA) is 57.6 Å². The largest absolute Gasteiger partial charge is 0.478 e. The molecule has 0 bridgehead atoms. The van der Waals surface area contributed by atoms with Crippen molar-refractivity contribution in [3.63, 3.8) is 0 Å². The smallest absolute Gasteiger partial charge is 0.332 e. The van der Waals surface area contributed by atoms with Crippen LogP contribution in [0.1, 0.15) is 33.1 Å². The number of carbonyl (C=O) groups is 2. The van der Waals surface area contributed by atoms with E-state index < -0.39 is 5.97 Å². The summed E-state index contributed by atoms with van der Waals surface area (Å²) in [6.07, 6.45) is 1.90. The Kier molecular flexibility index (Phi) is 4.10. The second kappa shape index (κ2) is 5.14. The van der Waals surface area contributed by atoms with Gasteiger partial charge in [-0.05, 0) is 25.2 Å². The van der Waals surface area contributed by atoms with Crippen LogP contribution in [0.4, 0.5) is 0 Å². The van der Waals surface area contributed by atoms with Crippen LogP contribution in [-0.2, 0) is 9.59 Å². The first-order chi connectivity index (χ1) is 7.43. The molecule has 90 valence electrons. The average Bonchev–Trinajstić information content (AvgIpc) is 2.63. The Morgan fingerprint density at radius 3 is 2.38 bits per heavy atom. The number of nitrogens with zero attached hydrogens (tertiary/aromatic N) is 1. The third kappa shape index (κ3) is 2.84. The SMILES string of the molecule is CC(C)CN(C)C(=O)C1=C(C(=O)O)CCC1. The van der Waals surface area contributed by atoms with Crippen LogP contribution in [0.3, 0.4) is 0 Å². The number of aliphatic carboxylic acids is 1. The Balaban J connectivity index is 2.80. The molecule has 0 atom stereocenters. The fraction of sp³-hybridized carbons (Fsp3) is 0.667. The van der Waals surface area contributed by atoms with Gasteiger partial charge in [0.2, 0.25) is 5.91 Å². The average molecular weight is 225 g/mol. The van der Waals surface area contributed by atoms with Gasteiger partial charge in [-0.15, -0.1) is 0 Å². The van der Waals surface area contributed by atoms with Gasteiger partial charge in [0.05, 0.1) is 0 Å². The van der Waals surface area contributed by atoms with Crippen molar-refractivity contribution in [1.29, 1.82) is 0 Å². The van der Waals surface area contributed by atoms with Gasteiger partial charge in [-0.3, -0.25) is 4.79 Å². The van der Waals surface area contributed by atoms with Crippen molar-refractivity contribution >= 4 is 11.9 Å². The first-order valence-electron chi connectivity index (χ1n) is 5.64. The summed E-state index contributed by atoms with van der Waals surface area (Å²) in [6, 6.07) is 0. The van der Waals surface area contributed by atoms with Gasteiger partial charge < -0.3 is 10.0 Å². The minimum atomic E-state index is -0.946. The van der Waals surface area contributed by atoms with Crippen molar-refractivity contribution in [3.05, 3.63) is 11.1 Å². The lowest BCUT2D eigenvalue weighted by Gasteiger charge is -2.20. The van der Waals surface area contributed by atoms with Crippen LogP contribution in [0.25, 0.3) is 0 Å². The minimum Gasteiger partial charge on any atom is -0.478 e. The summed E-state index contributed by atoms with van der Waals surface area (Å²) in [5, 5.41) is 8.97. The highest BCUT2D eigenvalue weighted by Gasteiger charge is 2.27. The molecule has 1 aliphatic carbocycles. The van der Waals surface area contributed by atoms with Crippen molar-refractivity contribution in [2.45, 2.75) is 33.1 Å². The molecule has 0 fully saturated rings. The first kappa shape index (κ1) is 12.7. The lowest BCUT2D eigenvalue weighted by atomic mass is 10.1. The zero-order valence-corrected chi connectivity index (χ0v) is 10.1. The van der Waals surface area contributed by atoms with Gasteiger partial charge in [-0.2, -0.15) is 0 Å². The lowest BCUT2D eigenvalue weighted by molar-refractivity contribution is -0.133. The Morgan fingerprint density at radius 2 is 1.88 bits per heavy atom. The van der Waals surface area contributed by atoms with E-state index in [1.165, 1.54) is 0 Å². The number of hydrogen-bond acceptors (Lipinski definition) is 2. The van der Waals surface area contributed by atoms with Crippen LogP contribution in [0, 0.1) is 5.92 Å². The van der Waals surface area contributed by atoms with Crippen molar-refractivity contribution in [1.82, 2.24) is 4.90 Å². The zero-order valence-electron chi connectivity index (χ0n) is 10.1. The quantitative estimate of drug-likeness (QED) is 0.791. The molecule has 0 aliphatic heterocycles. The minimum absolute atomic E-state index is 0.122. The van der Waals surface area contributed by atoms with E-state index in [2.05, 4.69) is 0 Å². The highest BCUT2D eigenvalue weighted by Crippen LogP contribution is 2.27. The van der Waals surface area contributed by atoms with E-state index in [0.29, 0.717) is 36.5 Å². The maximum Gasteiger partial charge on any atom is 0.332 e. The molecule has 16 heavy (non-hydrogen) atoms. The molecule has 1 rings (SSSR count). The summed E-state index contributed by atoms with van der Waals surface area (Å²) in [5.41, 5.74) is 0.802. The molecule has 0 radical (unpaired) electrons. The molecule has 4 nitrogen and oxygen atoms in total. The molecule has 0 aromatic rings. The fourth-order valence-electron chi connectivity index (χ4n) is 2.08. The highest BCUT2D eigenvalue weighted by atomic mass is 16.4. The molecular weight excluding hydrogens is 206 g/mol. The molecule has 0 heterocycles. The third-order valence-corrected chi connectivity index (χ3v) is 2.72. The number of hydrogen-bond donors (Lipinski definition) is 1. The second-order valence-corrected chi connectivity index (χ2v) is 4.70. The first-order valence-corrected chi connectivity index (χ1v) is 5.64. The molecule has 1 aliphatic rings. The number of carbonyl (C=O) groups excluding carboxylic acids is 1. The lowest BCUT2D eigenvalue weighted by Crippen LogP contribution is -2.31. The van der Waals surface area contributed by atoms with E-state index in [1.54, 1.807) is 11.9 Å². The molecule has 0 spiro atoms. The molecule has 0 saturated carbocycles.